The maximum atomic E-state index is 12.4. The minimum Gasteiger partial charge on any atom is -0.465 e. The number of likely N-dealkylation sites (tertiary alicyclic amines) is 1. The fraction of sp³-hybridized carbons (Fsp3) is 0.412. The normalized spacial score (nSPS) is 18.4. The van der Waals surface area contributed by atoms with Gasteiger partial charge in [-0.15, -0.1) is 0 Å². The zero-order valence-electron chi connectivity index (χ0n) is 14.0. The second-order valence-electron chi connectivity index (χ2n) is 5.83. The van der Waals surface area contributed by atoms with Crippen LogP contribution in [0.4, 0.5) is 4.79 Å². The summed E-state index contributed by atoms with van der Waals surface area (Å²) in [6.07, 6.45) is -1.21. The van der Waals surface area contributed by atoms with Crippen LogP contribution in [-0.2, 0) is 14.3 Å². The van der Waals surface area contributed by atoms with Crippen molar-refractivity contribution in [2.24, 2.45) is 0 Å². The molecule has 1 aliphatic heterocycles. The molecule has 0 saturated carbocycles. The summed E-state index contributed by atoms with van der Waals surface area (Å²) in [6.45, 7) is 1.76. The summed E-state index contributed by atoms with van der Waals surface area (Å²) in [7, 11) is 1.29. The summed E-state index contributed by atoms with van der Waals surface area (Å²) < 4.78 is 4.62. The van der Waals surface area contributed by atoms with Crippen LogP contribution in [0.25, 0.3) is 0 Å². The Morgan fingerprint density at radius 3 is 2.48 bits per heavy atom. The van der Waals surface area contributed by atoms with Crippen molar-refractivity contribution in [3.63, 3.8) is 0 Å². The van der Waals surface area contributed by atoms with Crippen molar-refractivity contribution >= 4 is 23.8 Å². The molecule has 0 aromatic heterocycles. The van der Waals surface area contributed by atoms with Gasteiger partial charge in [0.1, 0.15) is 11.8 Å². The van der Waals surface area contributed by atoms with E-state index in [0.717, 1.165) is 10.5 Å². The average molecular weight is 348 g/mol. The molecule has 1 fully saturated rings. The molecule has 1 saturated heterocycles. The van der Waals surface area contributed by atoms with Gasteiger partial charge >= 0.3 is 12.1 Å². The molecule has 1 aliphatic rings. The predicted octanol–water partition coefficient (Wildman–Crippen LogP) is 1.36. The molecule has 0 spiro atoms. The first-order valence-electron chi connectivity index (χ1n) is 7.83. The van der Waals surface area contributed by atoms with Gasteiger partial charge in [0.15, 0.2) is 0 Å². The number of carbonyl (C=O) groups excluding carboxylic acids is 3. The van der Waals surface area contributed by atoms with Gasteiger partial charge in [-0.05, 0) is 24.6 Å². The quantitative estimate of drug-likeness (QED) is 0.795. The number of esters is 1. The molecule has 2 amide bonds. The fourth-order valence-electron chi connectivity index (χ4n) is 2.71. The third kappa shape index (κ3) is 4.34. The molecule has 1 aromatic carbocycles. The minimum absolute atomic E-state index is 0.0223. The molecule has 0 aliphatic carbocycles. The van der Waals surface area contributed by atoms with Crippen molar-refractivity contribution in [2.75, 3.05) is 13.7 Å². The Hall–Kier alpha value is -2.90. The Bertz CT molecular complexity index is 685. The minimum atomic E-state index is -1.22. The average Bonchev–Trinajstić information content (AvgIpc) is 2.60. The number of nitrogens with one attached hydrogen (secondary N) is 1. The van der Waals surface area contributed by atoms with Crippen molar-refractivity contribution in [3.05, 3.63) is 35.4 Å². The molecule has 1 unspecified atom stereocenters. The molecule has 8 heteroatoms. The molecule has 0 bridgehead atoms. The molecule has 2 N–H and O–H groups in total. The van der Waals surface area contributed by atoms with Crippen LogP contribution in [0.2, 0.25) is 0 Å². The molecule has 2 atom stereocenters. The number of Topliss-reactive ketones (excluding diaryl/α,β-unsaturated/α-hetero) is 1. The van der Waals surface area contributed by atoms with E-state index in [1.807, 2.05) is 0 Å². The molecular weight excluding hydrogens is 328 g/mol. The highest BCUT2D eigenvalue weighted by Crippen LogP contribution is 2.18. The number of hydrogen-bond donors (Lipinski definition) is 2. The maximum Gasteiger partial charge on any atom is 0.408 e. The van der Waals surface area contributed by atoms with Gasteiger partial charge in [-0.3, -0.25) is 14.5 Å². The van der Waals surface area contributed by atoms with Gasteiger partial charge in [0.2, 0.25) is 5.91 Å². The predicted molar refractivity (Wildman–Crippen MR) is 87.1 cm³/mol. The number of benzene rings is 1. The van der Waals surface area contributed by atoms with Crippen LogP contribution in [0.3, 0.4) is 0 Å². The lowest BCUT2D eigenvalue weighted by Crippen LogP contribution is -2.53. The van der Waals surface area contributed by atoms with E-state index in [-0.39, 0.29) is 25.2 Å². The van der Waals surface area contributed by atoms with Crippen LogP contribution in [0.15, 0.2) is 24.3 Å². The second-order valence-corrected chi connectivity index (χ2v) is 5.83. The number of hydrogen-bond acceptors (Lipinski definition) is 5. The first-order valence-corrected chi connectivity index (χ1v) is 7.83. The zero-order valence-corrected chi connectivity index (χ0v) is 14.0. The fourth-order valence-corrected chi connectivity index (χ4v) is 2.71. The number of amides is 2. The topological polar surface area (TPSA) is 113 Å². The van der Waals surface area contributed by atoms with Gasteiger partial charge in [0, 0.05) is 19.4 Å². The van der Waals surface area contributed by atoms with Gasteiger partial charge in [-0.25, -0.2) is 9.59 Å². The number of ether oxygens (including phenoxy) is 1. The van der Waals surface area contributed by atoms with Crippen molar-refractivity contribution in [1.29, 1.82) is 0 Å². The van der Waals surface area contributed by atoms with Crippen molar-refractivity contribution < 1.29 is 29.0 Å². The molecule has 1 aromatic rings. The molecule has 8 nitrogen and oxygen atoms in total. The number of methoxy groups -OCH3 is 1. The highest BCUT2D eigenvalue weighted by molar-refractivity contribution is 5.93. The number of carbonyl (C=O) groups is 4. The number of ketones is 1. The summed E-state index contributed by atoms with van der Waals surface area (Å²) >= 11 is 0. The second kappa shape index (κ2) is 7.78. The molecule has 2 rings (SSSR count). The molecule has 134 valence electrons. The Morgan fingerprint density at radius 1 is 1.28 bits per heavy atom. The lowest BCUT2D eigenvalue weighted by Gasteiger charge is -2.32. The number of carboxylic acid groups (broad SMARTS) is 1. The van der Waals surface area contributed by atoms with Gasteiger partial charge in [0.05, 0.1) is 18.7 Å². The lowest BCUT2D eigenvalue weighted by molar-refractivity contribution is -0.133. The highest BCUT2D eigenvalue weighted by Gasteiger charge is 2.35. The summed E-state index contributed by atoms with van der Waals surface area (Å²) in [5.41, 5.74) is 1.13. The van der Waals surface area contributed by atoms with Crippen LogP contribution in [0, 0.1) is 0 Å². The van der Waals surface area contributed by atoms with E-state index in [2.05, 4.69) is 10.1 Å². The number of piperidine rings is 1. The third-order valence-corrected chi connectivity index (χ3v) is 4.17. The number of nitrogens with zero attached hydrogens (tertiary/aromatic N) is 1. The van der Waals surface area contributed by atoms with E-state index in [9.17, 15) is 24.3 Å². The SMILES string of the molecule is COC(=O)c1ccc([C@H](C)NC(=O)C2CC(=O)CCN2C(=O)O)cc1. The van der Waals surface area contributed by atoms with Crippen LogP contribution in [0.1, 0.15) is 41.7 Å². The highest BCUT2D eigenvalue weighted by atomic mass is 16.5. The van der Waals surface area contributed by atoms with E-state index < -0.39 is 30.1 Å². The third-order valence-electron chi connectivity index (χ3n) is 4.17. The summed E-state index contributed by atoms with van der Waals surface area (Å²) in [4.78, 5) is 47.7. The van der Waals surface area contributed by atoms with E-state index in [0.29, 0.717) is 5.56 Å². The van der Waals surface area contributed by atoms with Gasteiger partial charge in [-0.1, -0.05) is 12.1 Å². The van der Waals surface area contributed by atoms with Gasteiger partial charge in [-0.2, -0.15) is 0 Å². The monoisotopic (exact) mass is 348 g/mol. The van der Waals surface area contributed by atoms with E-state index in [4.69, 9.17) is 0 Å². The van der Waals surface area contributed by atoms with Crippen LogP contribution in [0.5, 0.6) is 0 Å². The Labute approximate surface area is 144 Å². The van der Waals surface area contributed by atoms with Crippen molar-refractivity contribution in [2.45, 2.75) is 31.8 Å². The summed E-state index contributed by atoms with van der Waals surface area (Å²) in [6, 6.07) is 5.09. The van der Waals surface area contributed by atoms with E-state index in [1.165, 1.54) is 7.11 Å². The van der Waals surface area contributed by atoms with Gasteiger partial charge < -0.3 is 15.2 Å². The van der Waals surface area contributed by atoms with Crippen LogP contribution < -0.4 is 5.32 Å². The maximum absolute atomic E-state index is 12.4. The van der Waals surface area contributed by atoms with Crippen molar-refractivity contribution in [1.82, 2.24) is 10.2 Å². The first kappa shape index (κ1) is 18.4. The summed E-state index contributed by atoms with van der Waals surface area (Å²) in [5, 5.41) is 11.9. The largest absolute Gasteiger partial charge is 0.465 e. The summed E-state index contributed by atoms with van der Waals surface area (Å²) in [5.74, 6) is -1.10. The van der Waals surface area contributed by atoms with Gasteiger partial charge in [0.25, 0.3) is 0 Å². The van der Waals surface area contributed by atoms with Crippen LogP contribution >= 0.6 is 0 Å². The molecule has 25 heavy (non-hydrogen) atoms. The Kier molecular flexibility index (Phi) is 5.74. The first-order chi connectivity index (χ1) is 11.8. The lowest BCUT2D eigenvalue weighted by atomic mass is 9.99. The Morgan fingerprint density at radius 2 is 1.92 bits per heavy atom. The smallest absolute Gasteiger partial charge is 0.408 e. The molecule has 0 radical (unpaired) electrons. The molecular formula is C17H20N2O6. The zero-order chi connectivity index (χ0) is 18.6. The van der Waals surface area contributed by atoms with Crippen molar-refractivity contribution in [3.8, 4) is 0 Å². The standard InChI is InChI=1S/C17H20N2O6/c1-10(11-3-5-12(6-4-11)16(22)25-2)18-15(21)14-9-13(20)7-8-19(14)17(23)24/h3-6,10,14H,7-9H2,1-2H3,(H,18,21)(H,23,24)/t10-,14?/m0/s1. The molecule has 1 heterocycles. The van der Waals surface area contributed by atoms with E-state index >= 15 is 0 Å². The van der Waals surface area contributed by atoms with Crippen LogP contribution in [-0.4, -0.2) is 53.5 Å². The Balaban J connectivity index is 2.06. The van der Waals surface area contributed by atoms with E-state index in [1.54, 1.807) is 31.2 Å². The number of rotatable bonds is 4.